The molecule has 0 N–H and O–H groups in total. The molecule has 0 spiro atoms. The molecule has 2 aliphatic rings. The average Bonchev–Trinajstić information content (AvgIpc) is 2.84. The standard InChI is InChI=1S/C13H20O3/c1-3-6-16-13(15)12-10-5-4-9(7-10)11(12)8(2)14/h9-12H,3-7H2,1-2H3. The predicted octanol–water partition coefficient (Wildman–Crippen LogP) is 2.19. The summed E-state index contributed by atoms with van der Waals surface area (Å²) in [6.45, 7) is 4.08. The van der Waals surface area contributed by atoms with Crippen molar-refractivity contribution in [3.05, 3.63) is 0 Å². The minimum absolute atomic E-state index is 0.0527. The Morgan fingerprint density at radius 1 is 1.19 bits per heavy atom. The molecule has 2 bridgehead atoms. The number of hydrogen-bond acceptors (Lipinski definition) is 3. The SMILES string of the molecule is CCCOC(=O)C1C2CCC(C2)C1C(C)=O. The van der Waals surface area contributed by atoms with Crippen LogP contribution in [0.5, 0.6) is 0 Å². The molecule has 2 fully saturated rings. The van der Waals surface area contributed by atoms with Gasteiger partial charge < -0.3 is 4.74 Å². The lowest BCUT2D eigenvalue weighted by molar-refractivity contribution is -0.154. The maximum absolute atomic E-state index is 11.9. The van der Waals surface area contributed by atoms with Crippen LogP contribution in [0.15, 0.2) is 0 Å². The van der Waals surface area contributed by atoms with Gasteiger partial charge in [-0.2, -0.15) is 0 Å². The lowest BCUT2D eigenvalue weighted by atomic mass is 9.77. The van der Waals surface area contributed by atoms with Gasteiger partial charge in [-0.05, 0) is 44.4 Å². The van der Waals surface area contributed by atoms with E-state index in [2.05, 4.69) is 0 Å². The number of Topliss-reactive ketones (excluding diaryl/α,β-unsaturated/α-hetero) is 1. The van der Waals surface area contributed by atoms with Gasteiger partial charge in [0.05, 0.1) is 12.5 Å². The normalized spacial score (nSPS) is 36.4. The first-order valence-electron chi connectivity index (χ1n) is 6.32. The summed E-state index contributed by atoms with van der Waals surface area (Å²) in [6.07, 6.45) is 4.11. The van der Waals surface area contributed by atoms with Crippen molar-refractivity contribution in [1.82, 2.24) is 0 Å². The van der Waals surface area contributed by atoms with Crippen LogP contribution < -0.4 is 0 Å². The molecule has 0 radical (unpaired) electrons. The van der Waals surface area contributed by atoms with Crippen LogP contribution in [0.25, 0.3) is 0 Å². The molecule has 0 amide bonds. The first-order valence-corrected chi connectivity index (χ1v) is 6.32. The molecular formula is C13H20O3. The molecule has 3 heteroatoms. The molecule has 2 aliphatic carbocycles. The van der Waals surface area contributed by atoms with Crippen LogP contribution in [0.1, 0.15) is 39.5 Å². The van der Waals surface area contributed by atoms with Gasteiger partial charge in [-0.15, -0.1) is 0 Å². The number of fused-ring (bicyclic) bond motifs is 2. The molecule has 0 aliphatic heterocycles. The summed E-state index contributed by atoms with van der Waals surface area (Å²) in [4.78, 5) is 23.6. The van der Waals surface area contributed by atoms with Crippen molar-refractivity contribution >= 4 is 11.8 Å². The van der Waals surface area contributed by atoms with E-state index in [1.165, 1.54) is 0 Å². The van der Waals surface area contributed by atoms with Gasteiger partial charge in [0, 0.05) is 5.92 Å². The summed E-state index contributed by atoms with van der Waals surface area (Å²) in [5.41, 5.74) is 0. The maximum atomic E-state index is 11.9. The summed E-state index contributed by atoms with van der Waals surface area (Å²) in [6, 6.07) is 0. The maximum Gasteiger partial charge on any atom is 0.309 e. The fraction of sp³-hybridized carbons (Fsp3) is 0.846. The van der Waals surface area contributed by atoms with Crippen molar-refractivity contribution in [3.8, 4) is 0 Å². The molecule has 4 atom stereocenters. The summed E-state index contributed by atoms with van der Waals surface area (Å²) in [5.74, 6) is 0.704. The second-order valence-electron chi connectivity index (χ2n) is 5.16. The fourth-order valence-corrected chi connectivity index (χ4v) is 3.51. The Morgan fingerprint density at radius 3 is 2.38 bits per heavy atom. The van der Waals surface area contributed by atoms with Crippen molar-refractivity contribution in [2.75, 3.05) is 6.61 Å². The summed E-state index contributed by atoms with van der Waals surface area (Å²) in [7, 11) is 0. The Hall–Kier alpha value is -0.860. The fourth-order valence-electron chi connectivity index (χ4n) is 3.51. The van der Waals surface area contributed by atoms with Crippen molar-refractivity contribution in [2.24, 2.45) is 23.7 Å². The Bertz CT molecular complexity index is 298. The van der Waals surface area contributed by atoms with E-state index in [0.717, 1.165) is 25.7 Å². The van der Waals surface area contributed by atoms with Gasteiger partial charge in [0.1, 0.15) is 5.78 Å². The lowest BCUT2D eigenvalue weighted by Crippen LogP contribution is -2.35. The molecule has 3 nitrogen and oxygen atoms in total. The van der Waals surface area contributed by atoms with E-state index in [4.69, 9.17) is 4.74 Å². The van der Waals surface area contributed by atoms with Crippen molar-refractivity contribution in [1.29, 1.82) is 0 Å². The Kier molecular flexibility index (Phi) is 3.31. The number of ether oxygens (including phenoxy) is 1. The Labute approximate surface area is 96.5 Å². The zero-order valence-corrected chi connectivity index (χ0v) is 10.1. The molecule has 0 aromatic carbocycles. The quantitative estimate of drug-likeness (QED) is 0.687. The summed E-state index contributed by atoms with van der Waals surface area (Å²) >= 11 is 0. The van der Waals surface area contributed by atoms with E-state index in [-0.39, 0.29) is 23.6 Å². The molecule has 90 valence electrons. The van der Waals surface area contributed by atoms with E-state index < -0.39 is 0 Å². The third-order valence-electron chi connectivity index (χ3n) is 4.11. The number of ketones is 1. The van der Waals surface area contributed by atoms with Gasteiger partial charge >= 0.3 is 5.97 Å². The zero-order chi connectivity index (χ0) is 11.7. The molecule has 0 heterocycles. The van der Waals surface area contributed by atoms with Crippen molar-refractivity contribution < 1.29 is 14.3 Å². The third kappa shape index (κ3) is 1.87. The van der Waals surface area contributed by atoms with Crippen LogP contribution in [-0.2, 0) is 14.3 Å². The summed E-state index contributed by atoms with van der Waals surface area (Å²) < 4.78 is 5.22. The first-order chi connectivity index (χ1) is 7.65. The summed E-state index contributed by atoms with van der Waals surface area (Å²) in [5, 5.41) is 0. The van der Waals surface area contributed by atoms with Gasteiger partial charge in [0.2, 0.25) is 0 Å². The Balaban J connectivity index is 2.06. The zero-order valence-electron chi connectivity index (χ0n) is 10.1. The van der Waals surface area contributed by atoms with Crippen molar-refractivity contribution in [2.45, 2.75) is 39.5 Å². The highest BCUT2D eigenvalue weighted by molar-refractivity contribution is 5.86. The van der Waals surface area contributed by atoms with Crippen LogP contribution in [0.3, 0.4) is 0 Å². The van der Waals surface area contributed by atoms with Crippen LogP contribution in [0.4, 0.5) is 0 Å². The van der Waals surface area contributed by atoms with Crippen molar-refractivity contribution in [3.63, 3.8) is 0 Å². The molecule has 2 rings (SSSR count). The number of rotatable bonds is 4. The predicted molar refractivity (Wildman–Crippen MR) is 59.7 cm³/mol. The Morgan fingerprint density at radius 2 is 1.81 bits per heavy atom. The molecule has 0 saturated heterocycles. The monoisotopic (exact) mass is 224 g/mol. The second-order valence-corrected chi connectivity index (χ2v) is 5.16. The average molecular weight is 224 g/mol. The largest absolute Gasteiger partial charge is 0.465 e. The van der Waals surface area contributed by atoms with E-state index in [1.54, 1.807) is 6.92 Å². The van der Waals surface area contributed by atoms with Gasteiger partial charge in [0.15, 0.2) is 0 Å². The number of hydrogen-bond donors (Lipinski definition) is 0. The van der Waals surface area contributed by atoms with Gasteiger partial charge in [-0.1, -0.05) is 6.92 Å². The molecular weight excluding hydrogens is 204 g/mol. The molecule has 0 aromatic heterocycles. The molecule has 2 saturated carbocycles. The molecule has 0 aromatic rings. The lowest BCUT2D eigenvalue weighted by Gasteiger charge is -2.27. The number of carbonyl (C=O) groups excluding carboxylic acids is 2. The van der Waals surface area contributed by atoms with Crippen LogP contribution in [0, 0.1) is 23.7 Å². The van der Waals surface area contributed by atoms with E-state index in [1.807, 2.05) is 6.92 Å². The van der Waals surface area contributed by atoms with Gasteiger partial charge in [-0.3, -0.25) is 9.59 Å². The highest BCUT2D eigenvalue weighted by Crippen LogP contribution is 2.52. The molecule has 4 unspecified atom stereocenters. The van der Waals surface area contributed by atoms with Crippen LogP contribution >= 0.6 is 0 Å². The van der Waals surface area contributed by atoms with E-state index in [0.29, 0.717) is 18.4 Å². The number of carbonyl (C=O) groups is 2. The minimum atomic E-state index is -0.136. The number of esters is 1. The highest BCUT2D eigenvalue weighted by atomic mass is 16.5. The van der Waals surface area contributed by atoms with Gasteiger partial charge in [0.25, 0.3) is 0 Å². The van der Waals surface area contributed by atoms with Crippen LogP contribution in [0.2, 0.25) is 0 Å². The molecule has 16 heavy (non-hydrogen) atoms. The van der Waals surface area contributed by atoms with E-state index in [9.17, 15) is 9.59 Å². The van der Waals surface area contributed by atoms with Gasteiger partial charge in [-0.25, -0.2) is 0 Å². The van der Waals surface area contributed by atoms with E-state index >= 15 is 0 Å². The smallest absolute Gasteiger partial charge is 0.309 e. The second kappa shape index (κ2) is 4.56. The topological polar surface area (TPSA) is 43.4 Å². The highest BCUT2D eigenvalue weighted by Gasteiger charge is 2.53. The first kappa shape index (κ1) is 11.6. The third-order valence-corrected chi connectivity index (χ3v) is 4.11. The minimum Gasteiger partial charge on any atom is -0.465 e. The van der Waals surface area contributed by atoms with Crippen LogP contribution in [-0.4, -0.2) is 18.4 Å².